The number of aliphatic hydroxyl groups is 2. The fourth-order valence-corrected chi connectivity index (χ4v) is 2.11. The van der Waals surface area contributed by atoms with Crippen LogP contribution >= 0.6 is 0 Å². The van der Waals surface area contributed by atoms with Crippen LogP contribution in [0.4, 0.5) is 0 Å². The van der Waals surface area contributed by atoms with Gasteiger partial charge in [-0.2, -0.15) is 0 Å². The number of carbonyl (C=O) groups is 5. The van der Waals surface area contributed by atoms with E-state index < -0.39 is 0 Å². The standard InChI is InChI=1S/C8H16N2O.C7H14N2O.C6H11NO2.C6H11NO.C5H9NO2/c1-4-8(11)9-6-5-7-10(2)3;1-4-7(10)8-5-6-9(2)3;1-2-6(9)7-4-3-5-8;1-4-6(8)7-5(2)3;1-2-5(8)6-3-4-7/h4H,1,5-7H2,2-3H3,(H,9,11);4H,1,5-6H2,2-3H3,(H,8,10);2,8H,1,3-5H2,(H,7,9);4-5H,1H2,2-3H3,(H,7,8);2,7H,1,3-4H2,(H,6,8). The number of nitrogens with one attached hydrogen (secondary N) is 5. The molecule has 14 heteroatoms. The second-order valence-electron chi connectivity index (χ2n) is 9.61. The highest BCUT2D eigenvalue weighted by Gasteiger charge is 1.95. The Bertz CT molecular complexity index is 862. The molecule has 0 atom stereocenters. The summed E-state index contributed by atoms with van der Waals surface area (Å²) in [6.45, 7) is 24.4. The Morgan fingerprint density at radius 3 is 1.17 bits per heavy atom. The average Bonchev–Trinajstić information content (AvgIpc) is 3.02. The van der Waals surface area contributed by atoms with Crippen molar-refractivity contribution < 1.29 is 34.2 Å². The number of rotatable bonds is 18. The molecule has 46 heavy (non-hydrogen) atoms. The van der Waals surface area contributed by atoms with Gasteiger partial charge in [0.1, 0.15) is 0 Å². The smallest absolute Gasteiger partial charge is 0.243 e. The van der Waals surface area contributed by atoms with Crippen LogP contribution in [0.1, 0.15) is 26.7 Å². The van der Waals surface area contributed by atoms with Crippen LogP contribution in [0, 0.1) is 0 Å². The van der Waals surface area contributed by atoms with Crippen LogP contribution in [0.3, 0.4) is 0 Å². The molecular formula is C32H61N7O7. The first kappa shape index (κ1) is 51.5. The lowest BCUT2D eigenvalue weighted by molar-refractivity contribution is -0.117. The number of likely N-dealkylation sites (N-methyl/N-ethyl adjacent to an activating group) is 1. The lowest BCUT2D eigenvalue weighted by Gasteiger charge is -2.08. The maximum atomic E-state index is 10.6. The van der Waals surface area contributed by atoms with E-state index in [9.17, 15) is 24.0 Å². The van der Waals surface area contributed by atoms with Crippen LogP contribution in [0.25, 0.3) is 0 Å². The summed E-state index contributed by atoms with van der Waals surface area (Å²) in [7, 11) is 7.94. The molecule has 0 aliphatic heterocycles. The van der Waals surface area contributed by atoms with Crippen LogP contribution < -0.4 is 26.6 Å². The normalized spacial score (nSPS) is 9.02. The zero-order valence-electron chi connectivity index (χ0n) is 28.9. The van der Waals surface area contributed by atoms with Gasteiger partial charge in [-0.05, 0) is 91.8 Å². The summed E-state index contributed by atoms with van der Waals surface area (Å²) in [5.74, 6) is -0.756. The molecule has 0 aliphatic rings. The fraction of sp³-hybridized carbons (Fsp3) is 0.531. The summed E-state index contributed by atoms with van der Waals surface area (Å²) in [5, 5.41) is 29.3. The van der Waals surface area contributed by atoms with Crippen molar-refractivity contribution in [1.29, 1.82) is 0 Å². The van der Waals surface area contributed by atoms with Crippen molar-refractivity contribution >= 4 is 29.5 Å². The number of amides is 5. The third-order valence-electron chi connectivity index (χ3n) is 4.34. The Kier molecular flexibility index (Phi) is 45.7. The van der Waals surface area contributed by atoms with E-state index >= 15 is 0 Å². The van der Waals surface area contributed by atoms with Crippen LogP contribution in [-0.2, 0) is 24.0 Å². The number of aliphatic hydroxyl groups excluding tert-OH is 2. The third-order valence-corrected chi connectivity index (χ3v) is 4.34. The SMILES string of the molecule is C=CC(=O)NC(C)C.C=CC(=O)NCCCN(C)C.C=CC(=O)NCCCO.C=CC(=O)NCCN(C)C.C=CC(=O)NCCO. The second-order valence-corrected chi connectivity index (χ2v) is 9.61. The molecule has 266 valence electrons. The molecule has 7 N–H and O–H groups in total. The van der Waals surface area contributed by atoms with Gasteiger partial charge in [-0.3, -0.25) is 24.0 Å². The molecule has 14 nitrogen and oxygen atoms in total. The van der Waals surface area contributed by atoms with Gasteiger partial charge in [0, 0.05) is 45.4 Å². The molecular weight excluding hydrogens is 594 g/mol. The van der Waals surface area contributed by atoms with Gasteiger partial charge in [0.05, 0.1) is 6.61 Å². The first-order valence-electron chi connectivity index (χ1n) is 14.7. The zero-order chi connectivity index (χ0) is 36.8. The average molecular weight is 656 g/mol. The molecule has 0 aromatic heterocycles. The molecule has 0 fully saturated rings. The summed E-state index contributed by atoms with van der Waals surface area (Å²) in [5.41, 5.74) is 0. The molecule has 0 saturated carbocycles. The fourth-order valence-electron chi connectivity index (χ4n) is 2.11. The number of hydrogen-bond acceptors (Lipinski definition) is 9. The van der Waals surface area contributed by atoms with Crippen LogP contribution in [0.2, 0.25) is 0 Å². The van der Waals surface area contributed by atoms with Gasteiger partial charge in [-0.15, -0.1) is 0 Å². The van der Waals surface area contributed by atoms with Gasteiger partial charge in [0.25, 0.3) is 0 Å². The first-order valence-corrected chi connectivity index (χ1v) is 14.7. The molecule has 0 saturated heterocycles. The highest BCUT2D eigenvalue weighted by atomic mass is 16.3. The Balaban J connectivity index is -0.000000153. The summed E-state index contributed by atoms with van der Waals surface area (Å²) in [6, 6.07) is 0.209. The zero-order valence-corrected chi connectivity index (χ0v) is 28.9. The monoisotopic (exact) mass is 655 g/mol. The van der Waals surface area contributed by atoms with Gasteiger partial charge in [-0.25, -0.2) is 0 Å². The molecule has 0 radical (unpaired) electrons. The molecule has 0 spiro atoms. The van der Waals surface area contributed by atoms with Gasteiger partial charge >= 0.3 is 0 Å². The van der Waals surface area contributed by atoms with Gasteiger partial charge in [0.2, 0.25) is 29.5 Å². The number of nitrogens with zero attached hydrogens (tertiary/aromatic N) is 2. The largest absolute Gasteiger partial charge is 0.396 e. The van der Waals surface area contributed by atoms with E-state index in [-0.39, 0.29) is 48.8 Å². The summed E-state index contributed by atoms with van der Waals surface area (Å²) in [4.78, 5) is 56.2. The van der Waals surface area contributed by atoms with Crippen molar-refractivity contribution in [2.75, 3.05) is 80.7 Å². The minimum atomic E-state index is -0.251. The third kappa shape index (κ3) is 59.3. The minimum Gasteiger partial charge on any atom is -0.396 e. The maximum Gasteiger partial charge on any atom is 0.243 e. The molecule has 0 aromatic rings. The van der Waals surface area contributed by atoms with Gasteiger partial charge in [0.15, 0.2) is 0 Å². The van der Waals surface area contributed by atoms with Crippen LogP contribution in [0.5, 0.6) is 0 Å². The molecule has 0 bridgehead atoms. The molecule has 5 amide bonds. The van der Waals surface area contributed by atoms with Crippen molar-refractivity contribution in [3.05, 3.63) is 63.3 Å². The molecule has 0 aromatic carbocycles. The van der Waals surface area contributed by atoms with Crippen molar-refractivity contribution in [3.63, 3.8) is 0 Å². The first-order chi connectivity index (χ1) is 21.6. The predicted molar refractivity (Wildman–Crippen MR) is 187 cm³/mol. The highest BCUT2D eigenvalue weighted by Crippen LogP contribution is 1.80. The van der Waals surface area contributed by atoms with E-state index in [0.29, 0.717) is 26.1 Å². The van der Waals surface area contributed by atoms with E-state index in [0.717, 1.165) is 32.1 Å². The number of hydrogen-bond donors (Lipinski definition) is 7. The van der Waals surface area contributed by atoms with Crippen LogP contribution in [0.15, 0.2) is 63.3 Å². The highest BCUT2D eigenvalue weighted by molar-refractivity contribution is 5.88. The topological polar surface area (TPSA) is 192 Å². The van der Waals surface area contributed by atoms with Gasteiger partial charge in [-0.1, -0.05) is 32.9 Å². The summed E-state index contributed by atoms with van der Waals surface area (Å²) < 4.78 is 0. The Labute approximate surface area is 276 Å². The molecule has 0 unspecified atom stereocenters. The Morgan fingerprint density at radius 2 is 0.891 bits per heavy atom. The van der Waals surface area contributed by atoms with E-state index in [4.69, 9.17) is 10.2 Å². The van der Waals surface area contributed by atoms with Gasteiger partial charge < -0.3 is 46.6 Å². The van der Waals surface area contributed by atoms with E-state index in [1.165, 1.54) is 24.3 Å². The summed E-state index contributed by atoms with van der Waals surface area (Å²) in [6.07, 6.45) is 7.77. The lowest BCUT2D eigenvalue weighted by Crippen LogP contribution is -2.29. The quantitative estimate of drug-likeness (QED) is 0.0770. The Morgan fingerprint density at radius 1 is 0.543 bits per heavy atom. The Hall–Kier alpha value is -4.11. The number of carbonyl (C=O) groups excluding carboxylic acids is 5. The van der Waals surface area contributed by atoms with E-state index in [1.54, 1.807) is 0 Å². The lowest BCUT2D eigenvalue weighted by atomic mass is 10.4. The van der Waals surface area contributed by atoms with Crippen molar-refractivity contribution in [3.8, 4) is 0 Å². The maximum absolute atomic E-state index is 10.6. The van der Waals surface area contributed by atoms with Crippen LogP contribution in [-0.4, -0.2) is 136 Å². The van der Waals surface area contributed by atoms with E-state index in [1.807, 2.05) is 46.9 Å². The van der Waals surface area contributed by atoms with Crippen molar-refractivity contribution in [1.82, 2.24) is 36.4 Å². The second kappa shape index (κ2) is 40.9. The molecule has 0 heterocycles. The van der Waals surface area contributed by atoms with Crippen molar-refractivity contribution in [2.45, 2.75) is 32.7 Å². The molecule has 0 rings (SSSR count). The van der Waals surface area contributed by atoms with E-state index in [2.05, 4.69) is 64.4 Å². The minimum absolute atomic E-state index is 0.0282. The van der Waals surface area contributed by atoms with Crippen molar-refractivity contribution in [2.24, 2.45) is 0 Å². The summed E-state index contributed by atoms with van der Waals surface area (Å²) >= 11 is 0. The predicted octanol–water partition coefficient (Wildman–Crippen LogP) is -0.261. The molecule has 0 aliphatic carbocycles.